The van der Waals surface area contributed by atoms with Crippen LogP contribution in [0, 0.1) is 0 Å². The molecule has 2 heterocycles. The molecule has 0 atom stereocenters. The van der Waals surface area contributed by atoms with E-state index in [1.165, 1.54) is 18.3 Å². The van der Waals surface area contributed by atoms with E-state index in [0.717, 1.165) is 5.56 Å². The highest BCUT2D eigenvalue weighted by Gasteiger charge is 2.03. The Labute approximate surface area is 98.2 Å². The van der Waals surface area contributed by atoms with E-state index in [4.69, 9.17) is 5.11 Å². The second-order valence-corrected chi connectivity index (χ2v) is 3.45. The van der Waals surface area contributed by atoms with Crippen molar-refractivity contribution in [2.24, 2.45) is 0 Å². The van der Waals surface area contributed by atoms with Crippen molar-refractivity contribution in [2.75, 3.05) is 5.32 Å². The van der Waals surface area contributed by atoms with E-state index >= 15 is 0 Å². The largest absolute Gasteiger partial charge is 0.478 e. The first-order chi connectivity index (χ1) is 8.25. The molecule has 0 bridgehead atoms. The summed E-state index contributed by atoms with van der Waals surface area (Å²) in [6, 6.07) is 6.73. The minimum atomic E-state index is -0.961. The molecular formula is C12H11N3O2. The second-order valence-electron chi connectivity index (χ2n) is 3.45. The third kappa shape index (κ3) is 3.01. The lowest BCUT2D eigenvalue weighted by atomic mass is 10.2. The summed E-state index contributed by atoms with van der Waals surface area (Å²) in [6.07, 6.45) is 4.91. The first kappa shape index (κ1) is 11.1. The Morgan fingerprint density at radius 1 is 1.35 bits per heavy atom. The van der Waals surface area contributed by atoms with Gasteiger partial charge in [0.05, 0.1) is 5.56 Å². The highest BCUT2D eigenvalue weighted by molar-refractivity contribution is 5.88. The van der Waals surface area contributed by atoms with E-state index in [1.807, 2.05) is 12.1 Å². The lowest BCUT2D eigenvalue weighted by Gasteiger charge is -2.05. The maximum absolute atomic E-state index is 10.8. The van der Waals surface area contributed by atoms with Gasteiger partial charge in [0.15, 0.2) is 0 Å². The predicted octanol–water partition coefficient (Wildman–Crippen LogP) is 1.79. The molecule has 0 fully saturated rings. The van der Waals surface area contributed by atoms with Gasteiger partial charge >= 0.3 is 5.97 Å². The fourth-order valence-corrected chi connectivity index (χ4v) is 1.36. The number of hydrogen-bond donors (Lipinski definition) is 2. The van der Waals surface area contributed by atoms with Gasteiger partial charge in [0.25, 0.3) is 0 Å². The van der Waals surface area contributed by atoms with Crippen LogP contribution in [0.5, 0.6) is 0 Å². The Kier molecular flexibility index (Phi) is 3.30. The van der Waals surface area contributed by atoms with Crippen molar-refractivity contribution in [1.29, 1.82) is 0 Å². The van der Waals surface area contributed by atoms with Crippen molar-refractivity contribution in [3.05, 3.63) is 54.0 Å². The molecule has 0 aliphatic rings. The topological polar surface area (TPSA) is 75.1 Å². The van der Waals surface area contributed by atoms with Gasteiger partial charge in [-0.3, -0.25) is 4.98 Å². The molecule has 17 heavy (non-hydrogen) atoms. The number of rotatable bonds is 4. The van der Waals surface area contributed by atoms with Crippen molar-refractivity contribution < 1.29 is 9.90 Å². The number of carboxylic acid groups (broad SMARTS) is 1. The number of hydrogen-bond acceptors (Lipinski definition) is 4. The molecule has 2 N–H and O–H groups in total. The molecule has 0 unspecified atom stereocenters. The van der Waals surface area contributed by atoms with Crippen LogP contribution in [0.25, 0.3) is 0 Å². The fourth-order valence-electron chi connectivity index (χ4n) is 1.36. The smallest absolute Gasteiger partial charge is 0.335 e. The zero-order valence-electron chi connectivity index (χ0n) is 9.00. The van der Waals surface area contributed by atoms with Crippen molar-refractivity contribution in [3.63, 3.8) is 0 Å². The van der Waals surface area contributed by atoms with Gasteiger partial charge in [-0.1, -0.05) is 6.07 Å². The first-order valence-corrected chi connectivity index (χ1v) is 5.08. The predicted molar refractivity (Wildman–Crippen MR) is 62.8 cm³/mol. The highest BCUT2D eigenvalue weighted by atomic mass is 16.4. The van der Waals surface area contributed by atoms with Crippen LogP contribution in [0.4, 0.5) is 5.82 Å². The number of carboxylic acids is 1. The van der Waals surface area contributed by atoms with Crippen LogP contribution in [0.3, 0.4) is 0 Å². The van der Waals surface area contributed by atoms with E-state index in [9.17, 15) is 4.79 Å². The van der Waals surface area contributed by atoms with E-state index in [2.05, 4.69) is 15.3 Å². The zero-order valence-corrected chi connectivity index (χ0v) is 9.00. The molecule has 5 nitrogen and oxygen atoms in total. The summed E-state index contributed by atoms with van der Waals surface area (Å²) in [7, 11) is 0. The van der Waals surface area contributed by atoms with Crippen molar-refractivity contribution in [1.82, 2.24) is 9.97 Å². The summed E-state index contributed by atoms with van der Waals surface area (Å²) >= 11 is 0. The number of aromatic carboxylic acids is 1. The Bertz CT molecular complexity index is 514. The van der Waals surface area contributed by atoms with Gasteiger partial charge in [0.1, 0.15) is 5.82 Å². The highest BCUT2D eigenvalue weighted by Crippen LogP contribution is 2.08. The summed E-state index contributed by atoms with van der Waals surface area (Å²) in [5.41, 5.74) is 1.23. The minimum absolute atomic E-state index is 0.216. The summed E-state index contributed by atoms with van der Waals surface area (Å²) < 4.78 is 0. The molecule has 0 spiro atoms. The van der Waals surface area contributed by atoms with Gasteiger partial charge < -0.3 is 10.4 Å². The number of carbonyl (C=O) groups is 1. The van der Waals surface area contributed by atoms with Crippen LogP contribution in [-0.2, 0) is 6.54 Å². The van der Waals surface area contributed by atoms with Crippen LogP contribution in [0.15, 0.2) is 42.9 Å². The summed E-state index contributed by atoms with van der Waals surface area (Å²) in [5, 5.41) is 11.9. The van der Waals surface area contributed by atoms with Gasteiger partial charge in [-0.05, 0) is 23.8 Å². The average Bonchev–Trinajstić information content (AvgIpc) is 2.38. The second kappa shape index (κ2) is 5.07. The van der Waals surface area contributed by atoms with Crippen LogP contribution >= 0.6 is 0 Å². The Morgan fingerprint density at radius 3 is 2.94 bits per heavy atom. The lowest BCUT2D eigenvalue weighted by Crippen LogP contribution is -2.04. The fraction of sp³-hybridized carbons (Fsp3) is 0.0833. The molecule has 2 aromatic heterocycles. The van der Waals surface area contributed by atoms with Crippen molar-refractivity contribution in [2.45, 2.75) is 6.54 Å². The number of anilines is 1. The zero-order chi connectivity index (χ0) is 12.1. The van der Waals surface area contributed by atoms with Crippen LogP contribution < -0.4 is 5.32 Å². The van der Waals surface area contributed by atoms with Crippen LogP contribution in [0.1, 0.15) is 15.9 Å². The van der Waals surface area contributed by atoms with E-state index in [-0.39, 0.29) is 5.56 Å². The molecule has 0 aliphatic heterocycles. The average molecular weight is 229 g/mol. The molecule has 0 radical (unpaired) electrons. The molecule has 0 amide bonds. The number of pyridine rings is 2. The Morgan fingerprint density at radius 2 is 2.24 bits per heavy atom. The molecule has 2 rings (SSSR count). The van der Waals surface area contributed by atoms with Gasteiger partial charge in [-0.2, -0.15) is 0 Å². The maximum Gasteiger partial charge on any atom is 0.335 e. The molecule has 5 heteroatoms. The quantitative estimate of drug-likeness (QED) is 0.835. The van der Waals surface area contributed by atoms with Crippen molar-refractivity contribution >= 4 is 11.8 Å². The standard InChI is InChI=1S/C12H11N3O2/c16-12(17)10-3-5-14-11(6-10)15-8-9-2-1-4-13-7-9/h1-7H,8H2,(H,14,15)(H,16,17). The molecule has 0 aromatic carbocycles. The maximum atomic E-state index is 10.8. The van der Waals surface area contributed by atoms with E-state index in [1.54, 1.807) is 12.4 Å². The molecule has 86 valence electrons. The molecule has 0 saturated heterocycles. The van der Waals surface area contributed by atoms with Crippen LogP contribution in [-0.4, -0.2) is 21.0 Å². The normalized spacial score (nSPS) is 9.88. The van der Waals surface area contributed by atoms with E-state index < -0.39 is 5.97 Å². The third-order valence-corrected chi connectivity index (χ3v) is 2.20. The number of nitrogens with one attached hydrogen (secondary N) is 1. The van der Waals surface area contributed by atoms with Crippen molar-refractivity contribution in [3.8, 4) is 0 Å². The Hall–Kier alpha value is -2.43. The van der Waals surface area contributed by atoms with Crippen LogP contribution in [0.2, 0.25) is 0 Å². The summed E-state index contributed by atoms with van der Waals surface area (Å²) in [5.74, 6) is -0.425. The molecule has 2 aromatic rings. The Balaban J connectivity index is 2.04. The summed E-state index contributed by atoms with van der Waals surface area (Å²) in [6.45, 7) is 0.559. The first-order valence-electron chi connectivity index (χ1n) is 5.08. The SMILES string of the molecule is O=C(O)c1ccnc(NCc2cccnc2)c1. The summed E-state index contributed by atoms with van der Waals surface area (Å²) in [4.78, 5) is 18.8. The number of nitrogens with zero attached hydrogens (tertiary/aromatic N) is 2. The molecular weight excluding hydrogens is 218 g/mol. The van der Waals surface area contributed by atoms with Gasteiger partial charge in [0, 0.05) is 25.1 Å². The monoisotopic (exact) mass is 229 g/mol. The number of aromatic nitrogens is 2. The molecule has 0 aliphatic carbocycles. The van der Waals surface area contributed by atoms with Gasteiger partial charge in [-0.15, -0.1) is 0 Å². The van der Waals surface area contributed by atoms with E-state index in [0.29, 0.717) is 12.4 Å². The lowest BCUT2D eigenvalue weighted by molar-refractivity contribution is 0.0697. The third-order valence-electron chi connectivity index (χ3n) is 2.20. The van der Waals surface area contributed by atoms with Gasteiger partial charge in [-0.25, -0.2) is 9.78 Å². The minimum Gasteiger partial charge on any atom is -0.478 e. The van der Waals surface area contributed by atoms with Gasteiger partial charge in [0.2, 0.25) is 0 Å². The molecule has 0 saturated carbocycles.